The lowest BCUT2D eigenvalue weighted by atomic mass is 9.72. The second-order valence-corrected chi connectivity index (χ2v) is 8.38. The fourth-order valence-corrected chi connectivity index (χ4v) is 4.35. The van der Waals surface area contributed by atoms with Crippen LogP contribution in [0.4, 0.5) is 0 Å². The van der Waals surface area contributed by atoms with E-state index in [1.54, 1.807) is 0 Å². The van der Waals surface area contributed by atoms with E-state index < -0.39 is 0 Å². The van der Waals surface area contributed by atoms with Crippen molar-refractivity contribution < 1.29 is 4.79 Å². The molecule has 2 heterocycles. The van der Waals surface area contributed by atoms with Gasteiger partial charge in [-0.05, 0) is 43.4 Å². The first-order valence-corrected chi connectivity index (χ1v) is 9.26. The van der Waals surface area contributed by atoms with Crippen molar-refractivity contribution >= 4 is 5.91 Å². The number of rotatable bonds is 3. The number of piperazine rings is 1. The van der Waals surface area contributed by atoms with Crippen molar-refractivity contribution in [1.82, 2.24) is 15.1 Å². The fraction of sp³-hybridized carbons (Fsp3) is 0.944. The second kappa shape index (κ2) is 6.88. The molecule has 0 radical (unpaired) electrons. The zero-order valence-corrected chi connectivity index (χ0v) is 14.4. The van der Waals surface area contributed by atoms with Crippen molar-refractivity contribution in [3.05, 3.63) is 0 Å². The first-order chi connectivity index (χ1) is 10.5. The molecule has 3 aliphatic rings. The fourth-order valence-electron chi connectivity index (χ4n) is 4.35. The summed E-state index contributed by atoms with van der Waals surface area (Å²) in [6.45, 7) is 11.2. The molecule has 3 fully saturated rings. The van der Waals surface area contributed by atoms with Gasteiger partial charge in [0.1, 0.15) is 0 Å². The van der Waals surface area contributed by atoms with Gasteiger partial charge in [-0.1, -0.05) is 13.8 Å². The van der Waals surface area contributed by atoms with Gasteiger partial charge in [0.05, 0.1) is 0 Å². The van der Waals surface area contributed by atoms with Crippen LogP contribution in [0.3, 0.4) is 0 Å². The van der Waals surface area contributed by atoms with Crippen LogP contribution in [0.15, 0.2) is 0 Å². The van der Waals surface area contributed by atoms with Gasteiger partial charge in [-0.3, -0.25) is 9.69 Å². The highest BCUT2D eigenvalue weighted by atomic mass is 16.2. The number of carbonyl (C=O) groups excluding carboxylic acids is 1. The van der Waals surface area contributed by atoms with Gasteiger partial charge in [0, 0.05) is 51.7 Å². The van der Waals surface area contributed by atoms with Crippen molar-refractivity contribution in [3.63, 3.8) is 0 Å². The molecule has 1 unspecified atom stereocenters. The minimum atomic E-state index is 0.419. The van der Waals surface area contributed by atoms with E-state index in [4.69, 9.17) is 0 Å². The Bertz CT molecular complexity index is 380. The van der Waals surface area contributed by atoms with E-state index in [1.165, 1.54) is 32.1 Å². The number of nitrogens with zero attached hydrogens (tertiary/aromatic N) is 2. The molecule has 1 amide bonds. The molecule has 1 atom stereocenters. The average molecular weight is 307 g/mol. The third-order valence-electron chi connectivity index (χ3n) is 6.11. The summed E-state index contributed by atoms with van der Waals surface area (Å²) in [6, 6.07) is 0.608. The van der Waals surface area contributed by atoms with E-state index in [9.17, 15) is 4.79 Å². The molecular weight excluding hydrogens is 274 g/mol. The van der Waals surface area contributed by atoms with E-state index in [1.807, 2.05) is 0 Å². The number of hydrogen-bond donors (Lipinski definition) is 1. The largest absolute Gasteiger partial charge is 0.341 e. The van der Waals surface area contributed by atoms with Gasteiger partial charge in [0.2, 0.25) is 5.91 Å². The van der Waals surface area contributed by atoms with Crippen LogP contribution in [-0.2, 0) is 4.79 Å². The Balaban J connectivity index is 1.43. The summed E-state index contributed by atoms with van der Waals surface area (Å²) in [6.07, 6.45) is 7.03. The Labute approximate surface area is 135 Å². The van der Waals surface area contributed by atoms with Gasteiger partial charge >= 0.3 is 0 Å². The van der Waals surface area contributed by atoms with Gasteiger partial charge in [0.15, 0.2) is 0 Å². The van der Waals surface area contributed by atoms with E-state index in [0.717, 1.165) is 45.7 Å². The van der Waals surface area contributed by atoms with Gasteiger partial charge in [-0.2, -0.15) is 0 Å². The summed E-state index contributed by atoms with van der Waals surface area (Å²) in [4.78, 5) is 17.3. The molecular formula is C18H33N3O. The standard InChI is InChI=1S/C18H33N3O/c1-18(2)6-3-15(4-7-18)13-17(22)21-10-5-16(14-21)20-11-8-19-9-12-20/h15-16,19H,3-14H2,1-2H3. The summed E-state index contributed by atoms with van der Waals surface area (Å²) in [7, 11) is 0. The molecule has 1 N–H and O–H groups in total. The Kier molecular flexibility index (Phi) is 5.08. The van der Waals surface area contributed by atoms with Gasteiger partial charge < -0.3 is 10.2 Å². The zero-order chi connectivity index (χ0) is 15.6. The van der Waals surface area contributed by atoms with Gasteiger partial charge in [-0.15, -0.1) is 0 Å². The van der Waals surface area contributed by atoms with Crippen LogP contribution < -0.4 is 5.32 Å². The number of amides is 1. The molecule has 0 aromatic carbocycles. The second-order valence-electron chi connectivity index (χ2n) is 8.38. The summed E-state index contributed by atoms with van der Waals surface area (Å²) >= 11 is 0. The molecule has 1 aliphatic carbocycles. The Morgan fingerprint density at radius 3 is 2.45 bits per heavy atom. The van der Waals surface area contributed by atoms with Crippen molar-refractivity contribution in [2.45, 2.75) is 58.4 Å². The van der Waals surface area contributed by atoms with Crippen LogP contribution in [0.5, 0.6) is 0 Å². The normalized spacial score (nSPS) is 30.6. The number of likely N-dealkylation sites (tertiary alicyclic amines) is 1. The predicted molar refractivity (Wildman–Crippen MR) is 89.8 cm³/mol. The molecule has 2 saturated heterocycles. The van der Waals surface area contributed by atoms with Crippen molar-refractivity contribution in [2.24, 2.45) is 11.3 Å². The highest BCUT2D eigenvalue weighted by Gasteiger charge is 2.33. The zero-order valence-electron chi connectivity index (χ0n) is 14.4. The van der Waals surface area contributed by atoms with Crippen LogP contribution >= 0.6 is 0 Å². The molecule has 0 bridgehead atoms. The van der Waals surface area contributed by atoms with Crippen LogP contribution in [0, 0.1) is 11.3 Å². The van der Waals surface area contributed by atoms with Crippen molar-refractivity contribution in [2.75, 3.05) is 39.3 Å². The predicted octanol–water partition coefficient (Wildman–Crippen LogP) is 2.10. The molecule has 3 rings (SSSR count). The Morgan fingerprint density at radius 2 is 1.77 bits per heavy atom. The summed E-state index contributed by atoms with van der Waals surface area (Å²) < 4.78 is 0. The van der Waals surface area contributed by atoms with Crippen molar-refractivity contribution in [3.8, 4) is 0 Å². The number of carbonyl (C=O) groups is 1. The lowest BCUT2D eigenvalue weighted by Crippen LogP contribution is -2.49. The molecule has 0 spiro atoms. The molecule has 4 nitrogen and oxygen atoms in total. The molecule has 4 heteroatoms. The van der Waals surface area contributed by atoms with Crippen LogP contribution in [0.25, 0.3) is 0 Å². The highest BCUT2D eigenvalue weighted by Crippen LogP contribution is 2.39. The van der Waals surface area contributed by atoms with Crippen LogP contribution in [0.1, 0.15) is 52.4 Å². The van der Waals surface area contributed by atoms with Crippen molar-refractivity contribution in [1.29, 1.82) is 0 Å². The Hall–Kier alpha value is -0.610. The first kappa shape index (κ1) is 16.3. The minimum absolute atomic E-state index is 0.419. The average Bonchev–Trinajstić information content (AvgIpc) is 3.00. The van der Waals surface area contributed by atoms with E-state index in [-0.39, 0.29) is 0 Å². The lowest BCUT2D eigenvalue weighted by Gasteiger charge is -2.35. The smallest absolute Gasteiger partial charge is 0.222 e. The lowest BCUT2D eigenvalue weighted by molar-refractivity contribution is -0.131. The first-order valence-electron chi connectivity index (χ1n) is 9.26. The monoisotopic (exact) mass is 307 g/mol. The minimum Gasteiger partial charge on any atom is -0.341 e. The molecule has 2 aliphatic heterocycles. The molecule has 0 aromatic rings. The van der Waals surface area contributed by atoms with E-state index in [2.05, 4.69) is 29.0 Å². The van der Waals surface area contributed by atoms with Gasteiger partial charge in [0.25, 0.3) is 0 Å². The van der Waals surface area contributed by atoms with Crippen LogP contribution in [0.2, 0.25) is 0 Å². The third-order valence-corrected chi connectivity index (χ3v) is 6.11. The van der Waals surface area contributed by atoms with E-state index in [0.29, 0.717) is 23.3 Å². The van der Waals surface area contributed by atoms with Crippen LogP contribution in [-0.4, -0.2) is 61.0 Å². The number of nitrogens with one attached hydrogen (secondary N) is 1. The molecule has 22 heavy (non-hydrogen) atoms. The summed E-state index contributed by atoms with van der Waals surface area (Å²) in [5.41, 5.74) is 0.501. The molecule has 1 saturated carbocycles. The van der Waals surface area contributed by atoms with Gasteiger partial charge in [-0.25, -0.2) is 0 Å². The third kappa shape index (κ3) is 4.02. The SMILES string of the molecule is CC1(C)CCC(CC(=O)N2CCC(N3CCNCC3)C2)CC1. The summed E-state index contributed by atoms with van der Waals surface area (Å²) in [5, 5.41) is 3.41. The Morgan fingerprint density at radius 1 is 1.09 bits per heavy atom. The molecule has 126 valence electrons. The number of hydrogen-bond acceptors (Lipinski definition) is 3. The molecule has 0 aromatic heterocycles. The maximum absolute atomic E-state index is 12.6. The highest BCUT2D eigenvalue weighted by molar-refractivity contribution is 5.76. The topological polar surface area (TPSA) is 35.6 Å². The maximum atomic E-state index is 12.6. The quantitative estimate of drug-likeness (QED) is 0.867. The summed E-state index contributed by atoms with van der Waals surface area (Å²) in [5.74, 6) is 1.06. The maximum Gasteiger partial charge on any atom is 0.222 e. The van der Waals surface area contributed by atoms with E-state index >= 15 is 0 Å².